The summed E-state index contributed by atoms with van der Waals surface area (Å²) in [6, 6.07) is 9.98. The van der Waals surface area contributed by atoms with E-state index >= 15 is 0 Å². The van der Waals surface area contributed by atoms with Crippen molar-refractivity contribution >= 4 is 45.7 Å². The van der Waals surface area contributed by atoms with Gasteiger partial charge in [-0.2, -0.15) is 9.50 Å². The molecule has 0 aliphatic heterocycles. The maximum absolute atomic E-state index is 12.4. The molecule has 0 bridgehead atoms. The number of nitrogens with two attached hydrogens (primary N) is 1. The Bertz CT molecular complexity index is 1220. The van der Waals surface area contributed by atoms with Gasteiger partial charge in [0.25, 0.3) is 5.56 Å². The molecule has 140 valence electrons. The van der Waals surface area contributed by atoms with Crippen molar-refractivity contribution in [1.29, 1.82) is 0 Å². The van der Waals surface area contributed by atoms with Crippen LogP contribution in [0.25, 0.3) is 11.0 Å². The van der Waals surface area contributed by atoms with E-state index in [1.165, 1.54) is 51.9 Å². The van der Waals surface area contributed by atoms with Crippen molar-refractivity contribution in [3.8, 4) is 0 Å². The van der Waals surface area contributed by atoms with Crippen molar-refractivity contribution in [3.63, 3.8) is 0 Å². The van der Waals surface area contributed by atoms with Gasteiger partial charge in [-0.05, 0) is 29.4 Å². The van der Waals surface area contributed by atoms with Crippen molar-refractivity contribution in [2.75, 3.05) is 5.73 Å². The molecule has 28 heavy (non-hydrogen) atoms. The summed E-state index contributed by atoms with van der Waals surface area (Å²) in [4.78, 5) is 28.2. The smallest absolute Gasteiger partial charge is 0.283 e. The van der Waals surface area contributed by atoms with Crippen LogP contribution in [0.15, 0.2) is 69.0 Å². The van der Waals surface area contributed by atoms with Crippen LogP contribution in [0, 0.1) is 0 Å². The van der Waals surface area contributed by atoms with Crippen LogP contribution in [0.1, 0.15) is 11.1 Å². The summed E-state index contributed by atoms with van der Waals surface area (Å²) in [6.07, 6.45) is 5.48. The van der Waals surface area contributed by atoms with Gasteiger partial charge in [0, 0.05) is 5.75 Å². The fourth-order valence-corrected chi connectivity index (χ4v) is 4.46. The van der Waals surface area contributed by atoms with Crippen molar-refractivity contribution < 1.29 is 9.90 Å². The number of aromatic nitrogens is 3. The first kappa shape index (κ1) is 18.2. The molecular weight excluding hydrogens is 396 g/mol. The number of rotatable bonds is 4. The molecule has 9 heteroatoms. The van der Waals surface area contributed by atoms with Crippen LogP contribution >= 0.6 is 23.1 Å². The topological polar surface area (TPSA) is 111 Å². The Morgan fingerprint density at radius 1 is 1.21 bits per heavy atom. The van der Waals surface area contributed by atoms with Gasteiger partial charge in [-0.25, -0.2) is 0 Å². The molecule has 0 amide bonds. The van der Waals surface area contributed by atoms with Gasteiger partial charge in [0.2, 0.25) is 10.7 Å². The molecule has 0 saturated carbocycles. The number of fused-ring (bicyclic) bond motifs is 1. The highest BCUT2D eigenvalue weighted by molar-refractivity contribution is 8.00. The lowest BCUT2D eigenvalue weighted by atomic mass is 10.1. The third kappa shape index (κ3) is 3.62. The lowest BCUT2D eigenvalue weighted by molar-refractivity contribution is -0.113. The van der Waals surface area contributed by atoms with Gasteiger partial charge in [0.1, 0.15) is 5.82 Å². The molecule has 1 aliphatic carbocycles. The van der Waals surface area contributed by atoms with Gasteiger partial charge >= 0.3 is 0 Å². The van der Waals surface area contributed by atoms with Crippen LogP contribution in [0.3, 0.4) is 0 Å². The predicted molar refractivity (Wildman–Crippen MR) is 110 cm³/mol. The zero-order chi connectivity index (χ0) is 19.7. The standard InChI is InChI=1S/C19H14N4O3S2/c20-16-13(8-12-6-7-14(24)15(25)9-12)17(26)21-18-23(16)22-19(28-18)27-10-11-4-2-1-3-5-11/h1-9,25H,10,20H2/b12-8-. The normalized spacial score (nSPS) is 15.4. The molecule has 0 atom stereocenters. The number of aliphatic hydroxyl groups excluding tert-OH is 1. The number of allylic oxidation sites excluding steroid dienone is 4. The molecule has 1 aliphatic rings. The Hall–Kier alpha value is -3.17. The van der Waals surface area contributed by atoms with E-state index in [0.29, 0.717) is 10.5 Å². The second-order valence-electron chi connectivity index (χ2n) is 5.92. The summed E-state index contributed by atoms with van der Waals surface area (Å²) < 4.78 is 2.18. The van der Waals surface area contributed by atoms with Crippen molar-refractivity contribution in [1.82, 2.24) is 14.6 Å². The number of hydrogen-bond donors (Lipinski definition) is 2. The number of ketones is 1. The Morgan fingerprint density at radius 3 is 2.75 bits per heavy atom. The van der Waals surface area contributed by atoms with Gasteiger partial charge < -0.3 is 10.8 Å². The van der Waals surface area contributed by atoms with E-state index in [2.05, 4.69) is 10.1 Å². The number of nitrogens with zero attached hydrogens (tertiary/aromatic N) is 3. The number of benzene rings is 1. The van der Waals surface area contributed by atoms with E-state index in [9.17, 15) is 14.7 Å². The van der Waals surface area contributed by atoms with Crippen molar-refractivity contribution in [2.45, 2.75) is 10.1 Å². The molecule has 0 fully saturated rings. The molecule has 2 aromatic heterocycles. The van der Waals surface area contributed by atoms with E-state index in [1.807, 2.05) is 30.3 Å². The minimum absolute atomic E-state index is 0.153. The molecule has 0 radical (unpaired) electrons. The van der Waals surface area contributed by atoms with E-state index in [4.69, 9.17) is 5.73 Å². The Kier molecular flexibility index (Phi) is 4.84. The third-order valence-electron chi connectivity index (χ3n) is 3.97. The largest absolute Gasteiger partial charge is 0.504 e. The van der Waals surface area contributed by atoms with E-state index < -0.39 is 17.1 Å². The molecule has 3 aromatic rings. The second-order valence-corrected chi connectivity index (χ2v) is 8.10. The van der Waals surface area contributed by atoms with Crippen LogP contribution in [0.4, 0.5) is 5.82 Å². The third-order valence-corrected chi connectivity index (χ3v) is 6.09. The molecule has 0 unspecified atom stereocenters. The summed E-state index contributed by atoms with van der Waals surface area (Å²) in [5.74, 6) is 0.0127. The second kappa shape index (κ2) is 7.45. The first-order chi connectivity index (χ1) is 13.5. The minimum Gasteiger partial charge on any atom is -0.504 e. The molecule has 3 N–H and O–H groups in total. The van der Waals surface area contributed by atoms with Crippen LogP contribution in [-0.2, 0) is 10.5 Å². The lowest BCUT2D eigenvalue weighted by Gasteiger charge is -2.05. The van der Waals surface area contributed by atoms with Crippen LogP contribution in [0.2, 0.25) is 0 Å². The maximum Gasteiger partial charge on any atom is 0.283 e. The number of hydrogen-bond acceptors (Lipinski definition) is 8. The van der Waals surface area contributed by atoms with Gasteiger partial charge in [-0.3, -0.25) is 9.59 Å². The van der Waals surface area contributed by atoms with Gasteiger partial charge in [0.05, 0.1) is 5.56 Å². The highest BCUT2D eigenvalue weighted by atomic mass is 32.2. The van der Waals surface area contributed by atoms with Crippen LogP contribution in [0.5, 0.6) is 0 Å². The number of aliphatic hydroxyl groups is 1. The van der Waals surface area contributed by atoms with Crippen LogP contribution in [-0.4, -0.2) is 25.5 Å². The van der Waals surface area contributed by atoms with Crippen LogP contribution < -0.4 is 11.3 Å². The number of thioether (sulfide) groups is 1. The van der Waals surface area contributed by atoms with E-state index in [-0.39, 0.29) is 11.4 Å². The van der Waals surface area contributed by atoms with Gasteiger partial charge in [-0.1, -0.05) is 59.5 Å². The molecule has 0 saturated heterocycles. The molecule has 2 heterocycles. The fourth-order valence-electron chi connectivity index (χ4n) is 2.57. The lowest BCUT2D eigenvalue weighted by Crippen LogP contribution is -2.17. The minimum atomic E-state index is -0.494. The zero-order valence-electron chi connectivity index (χ0n) is 14.4. The molecule has 1 aromatic carbocycles. The Morgan fingerprint density at radius 2 is 2.00 bits per heavy atom. The number of anilines is 1. The Labute approximate surface area is 167 Å². The summed E-state index contributed by atoms with van der Waals surface area (Å²) in [5.41, 5.74) is 7.45. The summed E-state index contributed by atoms with van der Waals surface area (Å²) in [5, 5.41) is 14.0. The molecule has 0 spiro atoms. The van der Waals surface area contributed by atoms with Gasteiger partial charge in [0.15, 0.2) is 10.1 Å². The number of carbonyl (C=O) groups excluding carboxylic acids is 1. The first-order valence-electron chi connectivity index (χ1n) is 8.22. The molecule has 4 rings (SSSR count). The highest BCUT2D eigenvalue weighted by Crippen LogP contribution is 2.28. The summed E-state index contributed by atoms with van der Waals surface area (Å²) >= 11 is 2.83. The first-order valence-corrected chi connectivity index (χ1v) is 10.0. The number of nitrogen functional groups attached to an aromatic ring is 1. The number of carbonyl (C=O) groups is 1. The van der Waals surface area contributed by atoms with Crippen molar-refractivity contribution in [2.24, 2.45) is 0 Å². The SMILES string of the molecule is Nc1c(/C=C2/C=CC(=O)C(O)=C2)c(=O)nc2sc(SCc3ccccc3)nn12. The average Bonchev–Trinajstić information content (AvgIpc) is 3.10. The summed E-state index contributed by atoms with van der Waals surface area (Å²) in [7, 11) is 0. The molecular formula is C19H14N4O3S2. The van der Waals surface area contributed by atoms with E-state index in [0.717, 1.165) is 15.7 Å². The zero-order valence-corrected chi connectivity index (χ0v) is 16.0. The fraction of sp³-hybridized carbons (Fsp3) is 0.0526. The highest BCUT2D eigenvalue weighted by Gasteiger charge is 2.15. The average molecular weight is 410 g/mol. The predicted octanol–water partition coefficient (Wildman–Crippen LogP) is 2.99. The summed E-state index contributed by atoms with van der Waals surface area (Å²) in [6.45, 7) is 0. The quantitative estimate of drug-likeness (QED) is 0.636. The van der Waals surface area contributed by atoms with E-state index in [1.54, 1.807) is 0 Å². The monoisotopic (exact) mass is 410 g/mol. The Balaban J connectivity index is 1.67. The van der Waals surface area contributed by atoms with Crippen molar-refractivity contribution in [3.05, 3.63) is 81.4 Å². The van der Waals surface area contributed by atoms with Gasteiger partial charge in [-0.15, -0.1) is 5.10 Å². The molecule has 7 nitrogen and oxygen atoms in total. The maximum atomic E-state index is 12.4.